The van der Waals surface area contributed by atoms with E-state index in [1.54, 1.807) is 13.0 Å². The van der Waals surface area contributed by atoms with Gasteiger partial charge in [0.15, 0.2) is 5.78 Å². The highest BCUT2D eigenvalue weighted by Gasteiger charge is 2.36. The minimum atomic E-state index is 0.160. The topological polar surface area (TPSA) is 17.1 Å². The van der Waals surface area contributed by atoms with Gasteiger partial charge in [-0.25, -0.2) is 0 Å². The van der Waals surface area contributed by atoms with Crippen molar-refractivity contribution in [1.82, 2.24) is 0 Å². The van der Waals surface area contributed by atoms with Crippen molar-refractivity contribution in [2.75, 3.05) is 0 Å². The summed E-state index contributed by atoms with van der Waals surface area (Å²) in [4.78, 5) is 10.6. The molecule has 0 spiro atoms. The lowest BCUT2D eigenvalue weighted by molar-refractivity contribution is -0.112. The average Bonchev–Trinajstić information content (AvgIpc) is 1.85. The number of carbonyl (C=O) groups excluding carboxylic acids is 1. The lowest BCUT2D eigenvalue weighted by Gasteiger charge is -2.42. The van der Waals surface area contributed by atoms with E-state index in [-0.39, 0.29) is 5.78 Å². The fourth-order valence-electron chi connectivity index (χ4n) is 1.50. The third-order valence-electron chi connectivity index (χ3n) is 2.67. The number of hydrogen-bond acceptors (Lipinski definition) is 1. The molecule has 1 heteroatoms. The Bertz CT molecular complexity index is 189. The number of allylic oxidation sites excluding steroid dienone is 2. The second-order valence-corrected chi connectivity index (χ2v) is 4.10. The molecule has 0 bridgehead atoms. The molecular weight excluding hydrogens is 136 g/mol. The summed E-state index contributed by atoms with van der Waals surface area (Å²) >= 11 is 0. The van der Waals surface area contributed by atoms with Crippen LogP contribution in [0, 0.1) is 11.3 Å². The molecule has 62 valence electrons. The van der Waals surface area contributed by atoms with E-state index in [1.165, 1.54) is 12.8 Å². The zero-order chi connectivity index (χ0) is 8.48. The Morgan fingerprint density at radius 3 is 2.45 bits per heavy atom. The van der Waals surface area contributed by atoms with Gasteiger partial charge in [-0.2, -0.15) is 0 Å². The van der Waals surface area contributed by atoms with E-state index in [0.29, 0.717) is 11.3 Å². The molecule has 1 atom stereocenters. The van der Waals surface area contributed by atoms with Crippen LogP contribution in [0.25, 0.3) is 0 Å². The molecule has 0 saturated heterocycles. The van der Waals surface area contributed by atoms with Gasteiger partial charge in [0.05, 0.1) is 0 Å². The van der Waals surface area contributed by atoms with Gasteiger partial charge >= 0.3 is 0 Å². The van der Waals surface area contributed by atoms with Crippen LogP contribution in [0.5, 0.6) is 0 Å². The van der Waals surface area contributed by atoms with E-state index in [2.05, 4.69) is 19.9 Å². The minimum absolute atomic E-state index is 0.160. The van der Waals surface area contributed by atoms with Crippen LogP contribution < -0.4 is 0 Å². The normalized spacial score (nSPS) is 28.5. The maximum absolute atomic E-state index is 10.6. The van der Waals surface area contributed by atoms with Crippen LogP contribution >= 0.6 is 0 Å². The average molecular weight is 152 g/mol. The molecule has 1 saturated carbocycles. The SMILES string of the molecule is CC(=O)/C=C/[C@@H]1CCC1(C)C. The molecule has 1 aliphatic rings. The number of hydrogen-bond donors (Lipinski definition) is 0. The summed E-state index contributed by atoms with van der Waals surface area (Å²) in [7, 11) is 0. The molecule has 0 amide bonds. The van der Waals surface area contributed by atoms with Gasteiger partial charge in [0, 0.05) is 0 Å². The zero-order valence-corrected chi connectivity index (χ0v) is 7.55. The van der Waals surface area contributed by atoms with E-state index in [1.807, 2.05) is 0 Å². The maximum atomic E-state index is 10.6. The van der Waals surface area contributed by atoms with Gasteiger partial charge in [-0.1, -0.05) is 19.9 Å². The number of carbonyl (C=O) groups is 1. The first kappa shape index (κ1) is 8.51. The number of rotatable bonds is 2. The molecule has 0 aromatic heterocycles. The molecule has 0 aliphatic heterocycles. The Balaban J connectivity index is 2.45. The Labute approximate surface area is 68.5 Å². The first-order chi connectivity index (χ1) is 5.02. The smallest absolute Gasteiger partial charge is 0.152 e. The van der Waals surface area contributed by atoms with Crippen LogP contribution in [0.4, 0.5) is 0 Å². The maximum Gasteiger partial charge on any atom is 0.152 e. The van der Waals surface area contributed by atoms with Gasteiger partial charge in [0.2, 0.25) is 0 Å². The fraction of sp³-hybridized carbons (Fsp3) is 0.700. The zero-order valence-electron chi connectivity index (χ0n) is 7.55. The molecule has 0 N–H and O–H groups in total. The molecule has 0 heterocycles. The van der Waals surface area contributed by atoms with E-state index < -0.39 is 0 Å². The molecule has 0 aromatic rings. The second-order valence-electron chi connectivity index (χ2n) is 4.10. The second kappa shape index (κ2) is 2.80. The van der Waals surface area contributed by atoms with Crippen molar-refractivity contribution in [3.8, 4) is 0 Å². The van der Waals surface area contributed by atoms with Crippen molar-refractivity contribution < 1.29 is 4.79 Å². The first-order valence-electron chi connectivity index (χ1n) is 4.21. The summed E-state index contributed by atoms with van der Waals surface area (Å²) < 4.78 is 0. The molecule has 11 heavy (non-hydrogen) atoms. The Morgan fingerprint density at radius 2 is 2.18 bits per heavy atom. The van der Waals surface area contributed by atoms with Crippen LogP contribution in [-0.2, 0) is 4.79 Å². The van der Waals surface area contributed by atoms with Gasteiger partial charge in [-0.05, 0) is 37.2 Å². The largest absolute Gasteiger partial charge is 0.295 e. The van der Waals surface area contributed by atoms with Crippen molar-refractivity contribution in [2.24, 2.45) is 11.3 Å². The van der Waals surface area contributed by atoms with Crippen LogP contribution in [0.2, 0.25) is 0 Å². The van der Waals surface area contributed by atoms with E-state index in [9.17, 15) is 4.79 Å². The summed E-state index contributed by atoms with van der Waals surface area (Å²) in [5, 5.41) is 0. The summed E-state index contributed by atoms with van der Waals surface area (Å²) in [5.74, 6) is 0.791. The highest BCUT2D eigenvalue weighted by molar-refractivity contribution is 5.87. The Morgan fingerprint density at radius 1 is 1.55 bits per heavy atom. The van der Waals surface area contributed by atoms with Crippen molar-refractivity contribution >= 4 is 5.78 Å². The predicted molar refractivity (Wildman–Crippen MR) is 46.3 cm³/mol. The van der Waals surface area contributed by atoms with Gasteiger partial charge in [-0.3, -0.25) is 4.79 Å². The predicted octanol–water partition coefficient (Wildman–Crippen LogP) is 2.57. The minimum Gasteiger partial charge on any atom is -0.295 e. The van der Waals surface area contributed by atoms with Gasteiger partial charge in [0.25, 0.3) is 0 Å². The van der Waals surface area contributed by atoms with Crippen molar-refractivity contribution in [2.45, 2.75) is 33.6 Å². The standard InChI is InChI=1S/C10H16O/c1-8(11)4-5-9-6-7-10(9,2)3/h4-5,9H,6-7H2,1-3H3/b5-4+/t9-/m1/s1. The van der Waals surface area contributed by atoms with Crippen molar-refractivity contribution in [3.63, 3.8) is 0 Å². The molecule has 0 aromatic carbocycles. The molecule has 0 radical (unpaired) electrons. The molecule has 1 fully saturated rings. The van der Waals surface area contributed by atoms with E-state index >= 15 is 0 Å². The van der Waals surface area contributed by atoms with E-state index in [4.69, 9.17) is 0 Å². The molecule has 1 rings (SSSR count). The summed E-state index contributed by atoms with van der Waals surface area (Å²) in [5.41, 5.74) is 0.436. The van der Waals surface area contributed by atoms with Crippen LogP contribution in [0.15, 0.2) is 12.2 Å². The number of ketones is 1. The van der Waals surface area contributed by atoms with E-state index in [0.717, 1.165) is 0 Å². The van der Waals surface area contributed by atoms with Gasteiger partial charge in [-0.15, -0.1) is 0 Å². The Hall–Kier alpha value is -0.590. The third-order valence-corrected chi connectivity index (χ3v) is 2.67. The fourth-order valence-corrected chi connectivity index (χ4v) is 1.50. The highest BCUT2D eigenvalue weighted by atomic mass is 16.1. The Kier molecular flexibility index (Phi) is 2.17. The summed E-state index contributed by atoms with van der Waals surface area (Å²) in [6, 6.07) is 0. The molecular formula is C10H16O. The summed E-state index contributed by atoms with van der Waals surface area (Å²) in [6.07, 6.45) is 6.30. The lowest BCUT2D eigenvalue weighted by Crippen LogP contribution is -2.32. The first-order valence-corrected chi connectivity index (χ1v) is 4.21. The van der Waals surface area contributed by atoms with Gasteiger partial charge in [0.1, 0.15) is 0 Å². The molecule has 1 aliphatic carbocycles. The van der Waals surface area contributed by atoms with Gasteiger partial charge < -0.3 is 0 Å². The lowest BCUT2D eigenvalue weighted by atomic mass is 9.62. The van der Waals surface area contributed by atoms with Crippen LogP contribution in [-0.4, -0.2) is 5.78 Å². The molecule has 0 unspecified atom stereocenters. The summed E-state index contributed by atoms with van der Waals surface area (Å²) in [6.45, 7) is 6.11. The quantitative estimate of drug-likeness (QED) is 0.556. The monoisotopic (exact) mass is 152 g/mol. The third kappa shape index (κ3) is 1.92. The molecule has 1 nitrogen and oxygen atoms in total. The van der Waals surface area contributed by atoms with Crippen molar-refractivity contribution in [3.05, 3.63) is 12.2 Å². The highest BCUT2D eigenvalue weighted by Crippen LogP contribution is 2.46. The van der Waals surface area contributed by atoms with Crippen molar-refractivity contribution in [1.29, 1.82) is 0 Å². The van der Waals surface area contributed by atoms with Crippen LogP contribution in [0.1, 0.15) is 33.6 Å². The van der Waals surface area contributed by atoms with Crippen LogP contribution in [0.3, 0.4) is 0 Å².